The van der Waals surface area contributed by atoms with Gasteiger partial charge >= 0.3 is 54.6 Å². The molecule has 0 aliphatic carbocycles. The van der Waals surface area contributed by atoms with Gasteiger partial charge in [-0.3, -0.25) is 24.0 Å². The Morgan fingerprint density at radius 2 is 0.597 bits per heavy atom. The number of halogens is 12. The lowest BCUT2D eigenvalue weighted by atomic mass is 10.0. The average molecular weight is 1140 g/mol. The zero-order valence-corrected chi connectivity index (χ0v) is 45.0. The van der Waals surface area contributed by atoms with Crippen molar-refractivity contribution in [1.29, 1.82) is 0 Å². The quantitative estimate of drug-likeness (QED) is 0.0249. The van der Waals surface area contributed by atoms with Gasteiger partial charge in [0.1, 0.15) is 32.0 Å². The predicted molar refractivity (Wildman–Crippen MR) is 263 cm³/mol. The van der Waals surface area contributed by atoms with Crippen LogP contribution in [-0.4, -0.2) is 111 Å². The molecular formula is C54H87F12NO10. The van der Waals surface area contributed by atoms with Gasteiger partial charge in [-0.2, -0.15) is 52.7 Å². The fourth-order valence-electron chi connectivity index (χ4n) is 8.74. The summed E-state index contributed by atoms with van der Waals surface area (Å²) in [4.78, 5) is 65.4. The third kappa shape index (κ3) is 48.1. The highest BCUT2D eigenvalue weighted by atomic mass is 19.4. The number of ether oxygens (including phenoxy) is 5. The number of hydrogen-bond donors (Lipinski definition) is 0. The molecule has 0 bridgehead atoms. The van der Waals surface area contributed by atoms with Crippen molar-refractivity contribution < 1.29 is 100 Å². The van der Waals surface area contributed by atoms with Crippen molar-refractivity contribution in [3.05, 3.63) is 0 Å². The number of esters is 5. The molecule has 0 aromatic carbocycles. The summed E-state index contributed by atoms with van der Waals surface area (Å²) in [5.74, 6) is -3.20. The number of unbranched alkanes of at least 4 members (excludes halogenated alkanes) is 14. The zero-order valence-electron chi connectivity index (χ0n) is 45.0. The van der Waals surface area contributed by atoms with E-state index in [-0.39, 0.29) is 103 Å². The van der Waals surface area contributed by atoms with E-state index in [1.54, 1.807) is 0 Å². The molecule has 0 aromatic rings. The fourth-order valence-corrected chi connectivity index (χ4v) is 8.74. The average Bonchev–Trinajstić information content (AvgIpc) is 3.85. The Bertz CT molecular complexity index is 1430. The molecule has 77 heavy (non-hydrogen) atoms. The second kappa shape index (κ2) is 41.5. The van der Waals surface area contributed by atoms with E-state index in [0.717, 1.165) is 32.5 Å². The first-order valence-corrected chi connectivity index (χ1v) is 28.1. The van der Waals surface area contributed by atoms with Gasteiger partial charge in [-0.1, -0.05) is 51.4 Å². The van der Waals surface area contributed by atoms with Crippen LogP contribution in [0.15, 0.2) is 0 Å². The Hall–Kier alpha value is -3.53. The number of alkyl halides is 12. The van der Waals surface area contributed by atoms with E-state index in [2.05, 4.69) is 4.90 Å². The van der Waals surface area contributed by atoms with Crippen LogP contribution < -0.4 is 0 Å². The molecule has 1 fully saturated rings. The van der Waals surface area contributed by atoms with Gasteiger partial charge in [0.25, 0.3) is 0 Å². The molecule has 0 unspecified atom stereocenters. The van der Waals surface area contributed by atoms with Crippen LogP contribution in [0.25, 0.3) is 0 Å². The summed E-state index contributed by atoms with van der Waals surface area (Å²) in [5, 5.41) is 0. The summed E-state index contributed by atoms with van der Waals surface area (Å²) in [5.41, 5.74) is 0. The van der Waals surface area contributed by atoms with Crippen molar-refractivity contribution in [1.82, 2.24) is 4.90 Å². The third-order valence-electron chi connectivity index (χ3n) is 13.1. The van der Waals surface area contributed by atoms with Crippen LogP contribution in [0.4, 0.5) is 52.7 Å². The minimum atomic E-state index is -4.27. The first kappa shape index (κ1) is 71.5. The van der Waals surface area contributed by atoms with Crippen LogP contribution in [0.1, 0.15) is 231 Å². The first-order chi connectivity index (χ1) is 36.3. The Morgan fingerprint density at radius 3 is 0.883 bits per heavy atom. The number of nitrogens with zero attached hydrogens (tertiary/aromatic N) is 1. The van der Waals surface area contributed by atoms with Crippen LogP contribution in [0.5, 0.6) is 0 Å². The van der Waals surface area contributed by atoms with E-state index in [4.69, 9.17) is 23.7 Å². The smallest absolute Gasteiger partial charge is 0.389 e. The van der Waals surface area contributed by atoms with Gasteiger partial charge in [0.15, 0.2) is 0 Å². The van der Waals surface area contributed by atoms with Gasteiger partial charge in [-0.05, 0) is 142 Å². The fraction of sp³-hybridized carbons (Fsp3) is 0.907. The molecule has 452 valence electrons. The van der Waals surface area contributed by atoms with Crippen LogP contribution in [-0.2, 0) is 47.7 Å². The highest BCUT2D eigenvalue weighted by Gasteiger charge is 2.29. The van der Waals surface area contributed by atoms with Crippen LogP contribution in [0.3, 0.4) is 0 Å². The van der Waals surface area contributed by atoms with Crippen molar-refractivity contribution in [2.24, 2.45) is 5.92 Å². The predicted octanol–water partition coefficient (Wildman–Crippen LogP) is 15.7. The lowest BCUT2D eigenvalue weighted by Crippen LogP contribution is -2.27. The minimum absolute atomic E-state index is 0.0407. The SMILES string of the molecule is O=C(CCCCCCC(=O)OC(CCCCCC(F)(F)F)CCCCCC(F)(F)F)OCC(COC(=O)CCCCCCC(=O)OC(CCCCCC(F)(F)F)CCCCCC(F)(F)F)COC(=O)CCCN1CCCC1. The molecule has 0 saturated carbocycles. The number of rotatable bonds is 46. The molecule has 1 rings (SSSR count). The molecule has 11 nitrogen and oxygen atoms in total. The monoisotopic (exact) mass is 1140 g/mol. The van der Waals surface area contributed by atoms with E-state index >= 15 is 0 Å². The molecule has 0 N–H and O–H groups in total. The standard InChI is InChI=1S/C54H87F12NO10/c55-51(56,57)33-17-5-9-24-44(25-10-6-18-34-52(58,59)60)76-49(71)30-15-3-1-13-28-46(68)73-40-43(42-75-48(70)32-23-39-67-37-21-22-38-67)41-74-47(69)29-14-2-4-16-31-50(72)77-45(26-11-7-19-35-53(61,62)63)27-12-8-20-36-54(64,65)66/h43-45H,1-42H2. The van der Waals surface area contributed by atoms with Gasteiger partial charge in [-0.25, -0.2) is 0 Å². The van der Waals surface area contributed by atoms with Gasteiger partial charge < -0.3 is 28.6 Å². The summed E-state index contributed by atoms with van der Waals surface area (Å²) < 4.78 is 178. The van der Waals surface area contributed by atoms with E-state index in [9.17, 15) is 76.7 Å². The Kier molecular flexibility index (Phi) is 38.5. The van der Waals surface area contributed by atoms with Gasteiger partial charge in [-0.15, -0.1) is 0 Å². The maximum atomic E-state index is 12.7. The van der Waals surface area contributed by atoms with Crippen LogP contribution in [0.2, 0.25) is 0 Å². The second-order valence-corrected chi connectivity index (χ2v) is 20.5. The van der Waals surface area contributed by atoms with E-state index in [1.165, 1.54) is 0 Å². The van der Waals surface area contributed by atoms with Crippen molar-refractivity contribution in [3.63, 3.8) is 0 Å². The molecule has 0 atom stereocenters. The summed E-state index contributed by atoms with van der Waals surface area (Å²) in [6.45, 7) is 2.17. The second-order valence-electron chi connectivity index (χ2n) is 20.5. The summed E-state index contributed by atoms with van der Waals surface area (Å²) >= 11 is 0. The van der Waals surface area contributed by atoms with Gasteiger partial charge in [0, 0.05) is 57.8 Å². The molecule has 0 aromatic heterocycles. The number of carbonyl (C=O) groups excluding carboxylic acids is 5. The van der Waals surface area contributed by atoms with E-state index in [0.29, 0.717) is 109 Å². The third-order valence-corrected chi connectivity index (χ3v) is 13.1. The highest BCUT2D eigenvalue weighted by molar-refractivity contribution is 5.71. The lowest BCUT2D eigenvalue weighted by Gasteiger charge is -2.18. The minimum Gasteiger partial charge on any atom is -0.465 e. The molecule has 0 amide bonds. The Labute approximate surface area is 447 Å². The lowest BCUT2D eigenvalue weighted by molar-refractivity contribution is -0.155. The van der Waals surface area contributed by atoms with Crippen molar-refractivity contribution in [3.8, 4) is 0 Å². The van der Waals surface area contributed by atoms with E-state index in [1.807, 2.05) is 0 Å². The first-order valence-electron chi connectivity index (χ1n) is 28.1. The van der Waals surface area contributed by atoms with Crippen LogP contribution in [0, 0.1) is 5.92 Å². The molecule has 1 aliphatic rings. The summed E-state index contributed by atoms with van der Waals surface area (Å²) in [6.07, 6.45) is -11.4. The zero-order chi connectivity index (χ0) is 57.4. The van der Waals surface area contributed by atoms with Crippen molar-refractivity contribution >= 4 is 29.8 Å². The normalized spacial score (nSPS) is 13.7. The van der Waals surface area contributed by atoms with Crippen LogP contribution >= 0.6 is 0 Å². The maximum absolute atomic E-state index is 12.7. The largest absolute Gasteiger partial charge is 0.465 e. The van der Waals surface area contributed by atoms with E-state index < -0.39 is 98.4 Å². The van der Waals surface area contributed by atoms with Gasteiger partial charge in [0.05, 0.1) is 5.92 Å². The maximum Gasteiger partial charge on any atom is 0.389 e. The molecule has 0 radical (unpaired) electrons. The summed E-state index contributed by atoms with van der Waals surface area (Å²) in [6, 6.07) is 0. The number of likely N-dealkylation sites (tertiary alicyclic amines) is 1. The molecular weight excluding hydrogens is 1050 g/mol. The molecule has 1 saturated heterocycles. The highest BCUT2D eigenvalue weighted by Crippen LogP contribution is 2.28. The number of hydrogen-bond acceptors (Lipinski definition) is 11. The Morgan fingerprint density at radius 1 is 0.338 bits per heavy atom. The summed E-state index contributed by atoms with van der Waals surface area (Å²) in [7, 11) is 0. The Balaban J connectivity index is 2.53. The molecule has 23 heteroatoms. The van der Waals surface area contributed by atoms with Crippen molar-refractivity contribution in [2.75, 3.05) is 39.5 Å². The molecule has 1 heterocycles. The van der Waals surface area contributed by atoms with Gasteiger partial charge in [0.2, 0.25) is 0 Å². The topological polar surface area (TPSA) is 135 Å². The number of carbonyl (C=O) groups is 5. The van der Waals surface area contributed by atoms with Crippen molar-refractivity contribution in [2.45, 2.75) is 268 Å². The molecule has 0 spiro atoms. The molecule has 1 aliphatic heterocycles.